The van der Waals surface area contributed by atoms with Crippen LogP contribution in [0.25, 0.3) is 10.9 Å². The molecule has 8 heteroatoms. The average molecular weight is 416 g/mol. The minimum atomic E-state index is -0.0442. The van der Waals surface area contributed by atoms with Crippen molar-refractivity contribution >= 4 is 28.5 Å². The first-order valence-corrected chi connectivity index (χ1v) is 10.8. The van der Waals surface area contributed by atoms with Gasteiger partial charge in [-0.3, -0.25) is 14.3 Å². The number of carbonyl (C=O) groups excluding carboxylic acids is 2. The van der Waals surface area contributed by atoms with Crippen molar-refractivity contribution in [1.29, 1.82) is 0 Å². The third kappa shape index (κ3) is 3.05. The number of carbonyl (C=O) groups is 2. The highest BCUT2D eigenvalue weighted by atomic mass is 16.2. The minimum absolute atomic E-state index is 0.0442. The zero-order valence-corrected chi connectivity index (χ0v) is 17.1. The molecule has 3 fully saturated rings. The van der Waals surface area contributed by atoms with Gasteiger partial charge in [0.2, 0.25) is 5.91 Å². The Kier molecular flexibility index (Phi) is 4.03. The second kappa shape index (κ2) is 6.80. The lowest BCUT2D eigenvalue weighted by molar-refractivity contribution is -0.131. The first kappa shape index (κ1) is 18.4. The maximum atomic E-state index is 12.9. The minimum Gasteiger partial charge on any atom is -0.384 e. The van der Waals surface area contributed by atoms with Crippen LogP contribution >= 0.6 is 0 Å². The predicted octanol–water partition coefficient (Wildman–Crippen LogP) is 1.87. The van der Waals surface area contributed by atoms with E-state index in [0.29, 0.717) is 30.5 Å². The fourth-order valence-electron chi connectivity index (χ4n) is 5.08. The number of nitrogens with zero attached hydrogens (tertiary/aromatic N) is 5. The number of piperidine rings is 1. The summed E-state index contributed by atoms with van der Waals surface area (Å²) in [5.41, 5.74) is 8.20. The second-order valence-corrected chi connectivity index (χ2v) is 8.88. The molecule has 1 aliphatic carbocycles. The van der Waals surface area contributed by atoms with Gasteiger partial charge in [-0.1, -0.05) is 18.2 Å². The monoisotopic (exact) mass is 416 g/mol. The first-order chi connectivity index (χ1) is 15.1. The Morgan fingerprint density at radius 3 is 2.74 bits per heavy atom. The number of amides is 2. The third-order valence-corrected chi connectivity index (χ3v) is 6.90. The summed E-state index contributed by atoms with van der Waals surface area (Å²) in [7, 11) is 0. The molecule has 2 aromatic heterocycles. The zero-order chi connectivity index (χ0) is 21.1. The van der Waals surface area contributed by atoms with Gasteiger partial charge in [0.25, 0.3) is 5.91 Å². The molecule has 8 nitrogen and oxygen atoms in total. The first-order valence-electron chi connectivity index (χ1n) is 10.8. The summed E-state index contributed by atoms with van der Waals surface area (Å²) >= 11 is 0. The van der Waals surface area contributed by atoms with Crippen LogP contribution < -0.4 is 5.73 Å². The van der Waals surface area contributed by atoms with E-state index in [-0.39, 0.29) is 24.3 Å². The van der Waals surface area contributed by atoms with Gasteiger partial charge < -0.3 is 15.5 Å². The number of para-hydroxylation sites is 1. The molecule has 2 aliphatic heterocycles. The van der Waals surface area contributed by atoms with Gasteiger partial charge in [-0.15, -0.1) is 0 Å². The molecule has 1 saturated carbocycles. The molecule has 0 bridgehead atoms. The van der Waals surface area contributed by atoms with E-state index in [9.17, 15) is 9.59 Å². The molecule has 3 aromatic rings. The molecule has 0 radical (unpaired) electrons. The van der Waals surface area contributed by atoms with Crippen LogP contribution in [0.3, 0.4) is 0 Å². The van der Waals surface area contributed by atoms with Crippen LogP contribution in [0.4, 0.5) is 5.82 Å². The Morgan fingerprint density at radius 2 is 2.00 bits per heavy atom. The number of fused-ring (bicyclic) bond motifs is 2. The average Bonchev–Trinajstić information content (AvgIpc) is 3.25. The Hall–Kier alpha value is -3.42. The van der Waals surface area contributed by atoms with Gasteiger partial charge in [0.05, 0.1) is 11.2 Å². The number of anilines is 1. The van der Waals surface area contributed by atoms with Crippen LogP contribution in [0.15, 0.2) is 42.6 Å². The van der Waals surface area contributed by atoms with E-state index in [1.807, 2.05) is 27.8 Å². The van der Waals surface area contributed by atoms with Crippen LogP contribution in [-0.2, 0) is 11.3 Å². The van der Waals surface area contributed by atoms with Crippen molar-refractivity contribution in [2.75, 3.05) is 25.4 Å². The molecule has 1 aromatic carbocycles. The lowest BCUT2D eigenvalue weighted by Crippen LogP contribution is -2.48. The number of nitrogen functional groups attached to an aromatic ring is 1. The maximum absolute atomic E-state index is 12.9. The van der Waals surface area contributed by atoms with Crippen molar-refractivity contribution in [3.63, 3.8) is 0 Å². The Morgan fingerprint density at radius 1 is 1.16 bits per heavy atom. The quantitative estimate of drug-likeness (QED) is 0.700. The molecule has 3 aliphatic rings. The molecule has 4 heterocycles. The van der Waals surface area contributed by atoms with E-state index in [0.717, 1.165) is 41.9 Å². The summed E-state index contributed by atoms with van der Waals surface area (Å²) < 4.78 is 1.84. The largest absolute Gasteiger partial charge is 0.384 e. The molecule has 158 valence electrons. The van der Waals surface area contributed by atoms with Crippen LogP contribution in [0.5, 0.6) is 0 Å². The molecular formula is C23H24N6O2. The lowest BCUT2D eigenvalue weighted by atomic mass is 9.93. The zero-order valence-electron chi connectivity index (χ0n) is 17.1. The standard InChI is InChI=1S/C23H24N6O2/c24-20-10-15(5-7-25-20)23(31)27-11-16(12-27)22-17-3-1-2-4-18(17)29(26-22)13-21(30)28-8-6-14-9-19(14)28/h1-5,7,10,14,16,19H,6,8-9,11-13H2,(H2,24,25). The van der Waals surface area contributed by atoms with Crippen molar-refractivity contribution in [1.82, 2.24) is 24.6 Å². The molecule has 6 rings (SSSR count). The molecule has 2 amide bonds. The summed E-state index contributed by atoms with van der Waals surface area (Å²) in [6.07, 6.45) is 3.85. The summed E-state index contributed by atoms with van der Waals surface area (Å²) in [6.45, 7) is 2.35. The van der Waals surface area contributed by atoms with Gasteiger partial charge in [-0.2, -0.15) is 5.10 Å². The van der Waals surface area contributed by atoms with Gasteiger partial charge in [-0.25, -0.2) is 4.98 Å². The highest BCUT2D eigenvalue weighted by molar-refractivity contribution is 5.95. The predicted molar refractivity (Wildman–Crippen MR) is 115 cm³/mol. The van der Waals surface area contributed by atoms with E-state index in [1.54, 1.807) is 23.2 Å². The summed E-state index contributed by atoms with van der Waals surface area (Å²) in [5.74, 6) is 1.34. The molecule has 0 spiro atoms. The van der Waals surface area contributed by atoms with Crippen LogP contribution in [0, 0.1) is 5.92 Å². The van der Waals surface area contributed by atoms with Crippen LogP contribution in [-0.4, -0.2) is 62.1 Å². The van der Waals surface area contributed by atoms with Gasteiger partial charge in [0.15, 0.2) is 0 Å². The van der Waals surface area contributed by atoms with Gasteiger partial charge in [0.1, 0.15) is 12.4 Å². The Labute approximate surface area is 179 Å². The van der Waals surface area contributed by atoms with Crippen LogP contribution in [0.2, 0.25) is 0 Å². The van der Waals surface area contributed by atoms with E-state index in [1.165, 1.54) is 0 Å². The fourth-order valence-corrected chi connectivity index (χ4v) is 5.08. The fraction of sp³-hybridized carbons (Fsp3) is 0.391. The molecule has 2 saturated heterocycles. The van der Waals surface area contributed by atoms with Gasteiger partial charge >= 0.3 is 0 Å². The number of aromatic nitrogens is 3. The van der Waals surface area contributed by atoms with Crippen molar-refractivity contribution in [3.8, 4) is 0 Å². The SMILES string of the molecule is Nc1cc(C(=O)N2CC(c3nn(CC(=O)N4CCC5CC54)c4ccccc34)C2)ccn1. The number of likely N-dealkylation sites (tertiary alicyclic amines) is 2. The lowest BCUT2D eigenvalue weighted by Gasteiger charge is -2.38. The van der Waals surface area contributed by atoms with Crippen molar-refractivity contribution in [3.05, 3.63) is 53.9 Å². The molecule has 2 unspecified atom stereocenters. The number of benzene rings is 1. The number of nitrogens with two attached hydrogens (primary N) is 1. The normalized spacial score (nSPS) is 22.5. The number of hydrogen-bond donors (Lipinski definition) is 1. The van der Waals surface area contributed by atoms with E-state index >= 15 is 0 Å². The van der Waals surface area contributed by atoms with Gasteiger partial charge in [0, 0.05) is 48.7 Å². The van der Waals surface area contributed by atoms with E-state index < -0.39 is 0 Å². The molecule has 2 N–H and O–H groups in total. The number of pyridine rings is 1. The van der Waals surface area contributed by atoms with Gasteiger partial charge in [-0.05, 0) is 37.0 Å². The summed E-state index contributed by atoms with van der Waals surface area (Å²) in [5, 5.41) is 5.90. The maximum Gasteiger partial charge on any atom is 0.254 e. The molecular weight excluding hydrogens is 392 g/mol. The van der Waals surface area contributed by atoms with E-state index in [4.69, 9.17) is 10.8 Å². The van der Waals surface area contributed by atoms with Crippen molar-refractivity contribution < 1.29 is 9.59 Å². The van der Waals surface area contributed by atoms with Crippen molar-refractivity contribution in [2.45, 2.75) is 31.3 Å². The highest BCUT2D eigenvalue weighted by Gasteiger charge is 2.48. The smallest absolute Gasteiger partial charge is 0.254 e. The summed E-state index contributed by atoms with van der Waals surface area (Å²) in [6, 6.07) is 11.8. The number of rotatable bonds is 4. The Bertz CT molecular complexity index is 1200. The molecule has 2 atom stereocenters. The third-order valence-electron chi connectivity index (χ3n) is 6.90. The Balaban J connectivity index is 1.21. The topological polar surface area (TPSA) is 97.3 Å². The van der Waals surface area contributed by atoms with E-state index in [2.05, 4.69) is 11.1 Å². The van der Waals surface area contributed by atoms with Crippen molar-refractivity contribution in [2.24, 2.45) is 5.92 Å². The second-order valence-electron chi connectivity index (χ2n) is 8.88. The molecule has 31 heavy (non-hydrogen) atoms. The van der Waals surface area contributed by atoms with Crippen LogP contribution in [0.1, 0.15) is 34.8 Å². The summed E-state index contributed by atoms with van der Waals surface area (Å²) in [4.78, 5) is 33.4. The highest BCUT2D eigenvalue weighted by Crippen LogP contribution is 2.44. The number of hydrogen-bond acceptors (Lipinski definition) is 5.